The number of benzene rings is 1. The Morgan fingerprint density at radius 2 is 1.68 bits per heavy atom. The van der Waals surface area contributed by atoms with Gasteiger partial charge in [0, 0.05) is 10.1 Å². The summed E-state index contributed by atoms with van der Waals surface area (Å²) in [6, 6.07) is 10.9. The van der Waals surface area contributed by atoms with Gasteiger partial charge in [0.05, 0.1) is 0 Å². The van der Waals surface area contributed by atoms with Gasteiger partial charge in [-0.3, -0.25) is 0 Å². The zero-order valence-corrected chi connectivity index (χ0v) is 13.1. The molecular formula is C18H28S. The molecule has 1 saturated carbocycles. The van der Waals surface area contributed by atoms with Gasteiger partial charge in [0.2, 0.25) is 0 Å². The van der Waals surface area contributed by atoms with Crippen molar-refractivity contribution in [1.29, 1.82) is 0 Å². The van der Waals surface area contributed by atoms with Crippen molar-refractivity contribution in [3.05, 3.63) is 30.3 Å². The zero-order valence-electron chi connectivity index (χ0n) is 12.3. The molecule has 1 aliphatic carbocycles. The summed E-state index contributed by atoms with van der Waals surface area (Å²) in [5.74, 6) is 1.03. The highest BCUT2D eigenvalue weighted by atomic mass is 32.2. The molecule has 1 aliphatic rings. The van der Waals surface area contributed by atoms with E-state index in [0.29, 0.717) is 0 Å². The summed E-state index contributed by atoms with van der Waals surface area (Å²) in [5.41, 5.74) is 0. The molecule has 0 saturated heterocycles. The van der Waals surface area contributed by atoms with Gasteiger partial charge >= 0.3 is 0 Å². The van der Waals surface area contributed by atoms with E-state index in [1.807, 2.05) is 0 Å². The van der Waals surface area contributed by atoms with Crippen molar-refractivity contribution in [2.24, 2.45) is 5.92 Å². The lowest BCUT2D eigenvalue weighted by atomic mass is 9.85. The van der Waals surface area contributed by atoms with Crippen molar-refractivity contribution in [1.82, 2.24) is 0 Å². The van der Waals surface area contributed by atoms with E-state index >= 15 is 0 Å². The van der Waals surface area contributed by atoms with E-state index in [4.69, 9.17) is 0 Å². The van der Waals surface area contributed by atoms with E-state index in [9.17, 15) is 0 Å². The summed E-state index contributed by atoms with van der Waals surface area (Å²) >= 11 is 2.10. The molecule has 0 nitrogen and oxygen atoms in total. The maximum atomic E-state index is 2.30. The first-order chi connectivity index (χ1) is 9.38. The molecule has 19 heavy (non-hydrogen) atoms. The van der Waals surface area contributed by atoms with Crippen molar-refractivity contribution in [3.63, 3.8) is 0 Å². The van der Waals surface area contributed by atoms with E-state index < -0.39 is 0 Å². The van der Waals surface area contributed by atoms with Gasteiger partial charge in [-0.1, -0.05) is 57.2 Å². The van der Waals surface area contributed by atoms with Crippen LogP contribution >= 0.6 is 11.8 Å². The van der Waals surface area contributed by atoms with Crippen LogP contribution in [0.1, 0.15) is 64.7 Å². The van der Waals surface area contributed by atoms with Gasteiger partial charge in [0.1, 0.15) is 0 Å². The molecule has 0 radical (unpaired) electrons. The summed E-state index contributed by atoms with van der Waals surface area (Å²) in [6.45, 7) is 2.30. The summed E-state index contributed by atoms with van der Waals surface area (Å²) < 4.78 is 0. The van der Waals surface area contributed by atoms with Crippen molar-refractivity contribution >= 4 is 11.8 Å². The average Bonchev–Trinajstić information content (AvgIpc) is 2.46. The third-order valence-corrected chi connectivity index (χ3v) is 5.65. The Morgan fingerprint density at radius 1 is 0.947 bits per heavy atom. The van der Waals surface area contributed by atoms with Gasteiger partial charge in [-0.25, -0.2) is 0 Å². The van der Waals surface area contributed by atoms with Gasteiger partial charge in [-0.2, -0.15) is 0 Å². The number of hydrogen-bond acceptors (Lipinski definition) is 1. The third kappa shape index (κ3) is 5.60. The van der Waals surface area contributed by atoms with E-state index in [1.165, 1.54) is 62.7 Å². The Balaban J connectivity index is 1.62. The Bertz CT molecular complexity index is 325. The topological polar surface area (TPSA) is 0 Å². The SMILES string of the molecule is CCCCCCC1CCC(Sc2ccccc2)CC1. The Kier molecular flexibility index (Phi) is 6.84. The van der Waals surface area contributed by atoms with Gasteiger partial charge < -0.3 is 0 Å². The summed E-state index contributed by atoms with van der Waals surface area (Å²) in [4.78, 5) is 1.45. The van der Waals surface area contributed by atoms with Gasteiger partial charge in [0.15, 0.2) is 0 Å². The normalized spacial score (nSPS) is 23.4. The Labute approximate surface area is 123 Å². The second kappa shape index (κ2) is 8.68. The van der Waals surface area contributed by atoms with Crippen molar-refractivity contribution < 1.29 is 0 Å². The smallest absolute Gasteiger partial charge is 0.00946 e. The maximum Gasteiger partial charge on any atom is 0.00946 e. The molecule has 0 aromatic heterocycles. The van der Waals surface area contributed by atoms with Crippen LogP contribution in [-0.2, 0) is 0 Å². The standard InChI is InChI=1S/C18H28S/c1-2-3-4-6-9-16-12-14-18(15-13-16)19-17-10-7-5-8-11-17/h5,7-8,10-11,16,18H,2-4,6,9,12-15H2,1H3. The predicted molar refractivity (Wildman–Crippen MR) is 86.8 cm³/mol. The molecule has 1 aromatic carbocycles. The summed E-state index contributed by atoms with van der Waals surface area (Å²) in [7, 11) is 0. The molecule has 1 fully saturated rings. The minimum absolute atomic E-state index is 0.870. The van der Waals surface area contributed by atoms with Crippen LogP contribution in [0, 0.1) is 5.92 Å². The minimum Gasteiger partial charge on any atom is -0.123 e. The highest BCUT2D eigenvalue weighted by molar-refractivity contribution is 8.00. The lowest BCUT2D eigenvalue weighted by molar-refractivity contribution is 0.334. The second-order valence-electron chi connectivity index (χ2n) is 5.92. The van der Waals surface area contributed by atoms with Crippen molar-refractivity contribution in [2.75, 3.05) is 0 Å². The lowest BCUT2D eigenvalue weighted by Gasteiger charge is -2.28. The molecule has 0 heterocycles. The average molecular weight is 276 g/mol. The lowest BCUT2D eigenvalue weighted by Crippen LogP contribution is -2.16. The first kappa shape index (κ1) is 15.0. The van der Waals surface area contributed by atoms with Crippen LogP contribution in [-0.4, -0.2) is 5.25 Å². The van der Waals surface area contributed by atoms with Crippen LogP contribution in [0.15, 0.2) is 35.2 Å². The monoisotopic (exact) mass is 276 g/mol. The Morgan fingerprint density at radius 3 is 2.37 bits per heavy atom. The maximum absolute atomic E-state index is 2.30. The highest BCUT2D eigenvalue weighted by Crippen LogP contribution is 2.37. The van der Waals surface area contributed by atoms with Crippen LogP contribution < -0.4 is 0 Å². The quantitative estimate of drug-likeness (QED) is 0.526. The van der Waals surface area contributed by atoms with Crippen LogP contribution in [0.2, 0.25) is 0 Å². The molecule has 0 spiro atoms. The molecule has 0 amide bonds. The first-order valence-electron chi connectivity index (χ1n) is 8.10. The summed E-state index contributed by atoms with van der Waals surface area (Å²) in [5, 5.41) is 0.870. The molecule has 0 unspecified atom stereocenters. The zero-order chi connectivity index (χ0) is 13.3. The van der Waals surface area contributed by atoms with Crippen molar-refractivity contribution in [2.45, 2.75) is 74.9 Å². The van der Waals surface area contributed by atoms with Crippen LogP contribution in [0.3, 0.4) is 0 Å². The van der Waals surface area contributed by atoms with E-state index in [0.717, 1.165) is 11.2 Å². The summed E-state index contributed by atoms with van der Waals surface area (Å²) in [6.07, 6.45) is 13.0. The number of thioether (sulfide) groups is 1. The van der Waals surface area contributed by atoms with E-state index in [1.54, 1.807) is 0 Å². The van der Waals surface area contributed by atoms with Gasteiger partial charge in [-0.05, 0) is 43.7 Å². The van der Waals surface area contributed by atoms with E-state index in [-0.39, 0.29) is 0 Å². The molecule has 0 N–H and O–H groups in total. The molecule has 2 rings (SSSR count). The fourth-order valence-corrected chi connectivity index (χ4v) is 4.30. The third-order valence-electron chi connectivity index (χ3n) is 4.31. The van der Waals surface area contributed by atoms with Crippen LogP contribution in [0.25, 0.3) is 0 Å². The largest absolute Gasteiger partial charge is 0.123 e. The molecule has 0 bridgehead atoms. The van der Waals surface area contributed by atoms with Crippen molar-refractivity contribution in [3.8, 4) is 0 Å². The van der Waals surface area contributed by atoms with Crippen LogP contribution in [0.5, 0.6) is 0 Å². The fraction of sp³-hybridized carbons (Fsp3) is 0.667. The highest BCUT2D eigenvalue weighted by Gasteiger charge is 2.21. The molecule has 1 aromatic rings. The fourth-order valence-electron chi connectivity index (χ4n) is 3.09. The van der Waals surface area contributed by atoms with Gasteiger partial charge in [-0.15, -0.1) is 11.8 Å². The molecule has 1 heteroatoms. The molecule has 106 valence electrons. The van der Waals surface area contributed by atoms with Crippen LogP contribution in [0.4, 0.5) is 0 Å². The molecular weight excluding hydrogens is 248 g/mol. The first-order valence-corrected chi connectivity index (χ1v) is 8.98. The number of rotatable bonds is 7. The minimum atomic E-state index is 0.870. The number of unbranched alkanes of at least 4 members (excludes halogenated alkanes) is 3. The second-order valence-corrected chi connectivity index (χ2v) is 7.30. The number of hydrogen-bond donors (Lipinski definition) is 0. The predicted octanol–water partition coefficient (Wildman–Crippen LogP) is 6.31. The van der Waals surface area contributed by atoms with Gasteiger partial charge in [0.25, 0.3) is 0 Å². The molecule has 0 aliphatic heterocycles. The molecule has 0 atom stereocenters. The van der Waals surface area contributed by atoms with E-state index in [2.05, 4.69) is 49.0 Å². The Hall–Kier alpha value is -0.430.